The molecule has 0 unspecified atom stereocenters. The summed E-state index contributed by atoms with van der Waals surface area (Å²) in [7, 11) is 0. The van der Waals surface area contributed by atoms with Gasteiger partial charge in [0, 0.05) is 29.6 Å². The average Bonchev–Trinajstić information content (AvgIpc) is 2.78. The summed E-state index contributed by atoms with van der Waals surface area (Å²) in [5.74, 6) is 1.30. The number of aromatic nitrogens is 3. The number of benzene rings is 2. The van der Waals surface area contributed by atoms with E-state index < -0.39 is 0 Å². The molecule has 0 saturated heterocycles. The summed E-state index contributed by atoms with van der Waals surface area (Å²) in [5.41, 5.74) is 5.58. The maximum atomic E-state index is 6.23. The van der Waals surface area contributed by atoms with Crippen molar-refractivity contribution >= 4 is 40.0 Å². The third-order valence-electron chi connectivity index (χ3n) is 5.13. The van der Waals surface area contributed by atoms with Crippen LogP contribution >= 0.6 is 11.6 Å². The molecule has 0 radical (unpaired) electrons. The Morgan fingerprint density at radius 1 is 0.900 bits per heavy atom. The molecule has 4 rings (SSSR count). The molecule has 0 atom stereocenters. The number of nitrogens with one attached hydrogen (secondary N) is 2. The van der Waals surface area contributed by atoms with Gasteiger partial charge in [0.2, 0.25) is 5.95 Å². The molecule has 2 N–H and O–H groups in total. The van der Waals surface area contributed by atoms with E-state index in [-0.39, 0.29) is 0 Å². The average molecular weight is 418 g/mol. The van der Waals surface area contributed by atoms with Gasteiger partial charge in [-0.15, -0.1) is 0 Å². The molecule has 5 nitrogen and oxygen atoms in total. The van der Waals surface area contributed by atoms with Gasteiger partial charge < -0.3 is 10.6 Å². The van der Waals surface area contributed by atoms with Crippen LogP contribution in [-0.2, 0) is 19.4 Å². The zero-order valence-corrected chi connectivity index (χ0v) is 17.9. The van der Waals surface area contributed by atoms with Gasteiger partial charge in [0.05, 0.1) is 10.9 Å². The molecule has 0 aliphatic rings. The SMILES string of the molecule is CCc1ccc(Nc2nccc3nc(NCc4ccccc4Cl)ncc23)cc1CC. The first-order valence-corrected chi connectivity index (χ1v) is 10.5. The van der Waals surface area contributed by atoms with E-state index in [9.17, 15) is 0 Å². The topological polar surface area (TPSA) is 62.7 Å². The minimum absolute atomic E-state index is 0.556. The Bertz CT molecular complexity index is 1180. The van der Waals surface area contributed by atoms with E-state index in [2.05, 4.69) is 57.6 Å². The largest absolute Gasteiger partial charge is 0.350 e. The minimum atomic E-state index is 0.556. The number of anilines is 3. The van der Waals surface area contributed by atoms with Crippen LogP contribution in [0, 0.1) is 0 Å². The van der Waals surface area contributed by atoms with Crippen LogP contribution in [0.2, 0.25) is 5.02 Å². The number of hydrogen-bond acceptors (Lipinski definition) is 5. The van der Waals surface area contributed by atoms with Gasteiger partial charge in [-0.3, -0.25) is 0 Å². The lowest BCUT2D eigenvalue weighted by atomic mass is 10.0. The van der Waals surface area contributed by atoms with Crippen LogP contribution in [0.5, 0.6) is 0 Å². The maximum Gasteiger partial charge on any atom is 0.223 e. The van der Waals surface area contributed by atoms with E-state index in [1.807, 2.05) is 30.3 Å². The van der Waals surface area contributed by atoms with Gasteiger partial charge in [0.25, 0.3) is 0 Å². The summed E-state index contributed by atoms with van der Waals surface area (Å²) in [6.45, 7) is 4.92. The summed E-state index contributed by atoms with van der Waals surface area (Å²) in [6, 6.07) is 16.1. The molecule has 0 amide bonds. The van der Waals surface area contributed by atoms with Gasteiger partial charge in [-0.25, -0.2) is 15.0 Å². The lowest BCUT2D eigenvalue weighted by molar-refractivity contribution is 1.04. The summed E-state index contributed by atoms with van der Waals surface area (Å²) < 4.78 is 0. The third kappa shape index (κ3) is 4.36. The van der Waals surface area contributed by atoms with Crippen LogP contribution in [0.25, 0.3) is 10.9 Å². The number of pyridine rings is 1. The highest BCUT2D eigenvalue weighted by Gasteiger charge is 2.08. The van der Waals surface area contributed by atoms with Crippen molar-refractivity contribution in [3.63, 3.8) is 0 Å². The Morgan fingerprint density at radius 3 is 2.53 bits per heavy atom. The Balaban J connectivity index is 1.56. The van der Waals surface area contributed by atoms with Crippen molar-refractivity contribution < 1.29 is 0 Å². The molecule has 152 valence electrons. The highest BCUT2D eigenvalue weighted by atomic mass is 35.5. The first-order chi connectivity index (χ1) is 14.7. The zero-order chi connectivity index (χ0) is 20.9. The second kappa shape index (κ2) is 9.09. The normalized spacial score (nSPS) is 10.9. The van der Waals surface area contributed by atoms with Crippen molar-refractivity contribution in [2.75, 3.05) is 10.6 Å². The maximum absolute atomic E-state index is 6.23. The number of halogens is 1. The molecule has 2 heterocycles. The van der Waals surface area contributed by atoms with Gasteiger partial charge >= 0.3 is 0 Å². The van der Waals surface area contributed by atoms with E-state index >= 15 is 0 Å². The second-order valence-electron chi connectivity index (χ2n) is 7.05. The van der Waals surface area contributed by atoms with Crippen molar-refractivity contribution in [3.8, 4) is 0 Å². The van der Waals surface area contributed by atoms with Crippen LogP contribution in [-0.4, -0.2) is 15.0 Å². The van der Waals surface area contributed by atoms with Crippen LogP contribution in [0.3, 0.4) is 0 Å². The van der Waals surface area contributed by atoms with E-state index in [1.165, 1.54) is 11.1 Å². The number of hydrogen-bond donors (Lipinski definition) is 2. The van der Waals surface area contributed by atoms with E-state index in [0.717, 1.165) is 45.8 Å². The van der Waals surface area contributed by atoms with Gasteiger partial charge in [-0.2, -0.15) is 0 Å². The lowest BCUT2D eigenvalue weighted by Gasteiger charge is -2.12. The van der Waals surface area contributed by atoms with Gasteiger partial charge in [-0.05, 0) is 53.8 Å². The van der Waals surface area contributed by atoms with E-state index in [4.69, 9.17) is 11.6 Å². The predicted octanol–water partition coefficient (Wildman–Crippen LogP) is 6.16. The van der Waals surface area contributed by atoms with Gasteiger partial charge in [0.1, 0.15) is 5.82 Å². The van der Waals surface area contributed by atoms with Crippen LogP contribution < -0.4 is 10.6 Å². The fourth-order valence-electron chi connectivity index (χ4n) is 3.47. The number of aryl methyl sites for hydroxylation is 2. The minimum Gasteiger partial charge on any atom is -0.350 e. The fourth-order valence-corrected chi connectivity index (χ4v) is 3.67. The molecule has 0 saturated carbocycles. The van der Waals surface area contributed by atoms with E-state index in [1.54, 1.807) is 12.4 Å². The molecule has 0 bridgehead atoms. The quantitative estimate of drug-likeness (QED) is 0.377. The molecule has 4 aromatic rings. The molecular formula is C24H24ClN5. The molecule has 6 heteroatoms. The first-order valence-electron chi connectivity index (χ1n) is 10.2. The van der Waals surface area contributed by atoms with Crippen molar-refractivity contribution in [1.82, 2.24) is 15.0 Å². The molecular weight excluding hydrogens is 394 g/mol. The smallest absolute Gasteiger partial charge is 0.223 e. The summed E-state index contributed by atoms with van der Waals surface area (Å²) in [5, 5.41) is 8.27. The Kier molecular flexibility index (Phi) is 6.10. The molecule has 30 heavy (non-hydrogen) atoms. The van der Waals surface area contributed by atoms with Crippen molar-refractivity contribution in [1.29, 1.82) is 0 Å². The van der Waals surface area contributed by atoms with Crippen LogP contribution in [0.15, 0.2) is 60.9 Å². The molecule has 0 aliphatic heterocycles. The predicted molar refractivity (Wildman–Crippen MR) is 125 cm³/mol. The summed E-state index contributed by atoms with van der Waals surface area (Å²) >= 11 is 6.23. The highest BCUT2D eigenvalue weighted by Crippen LogP contribution is 2.25. The highest BCUT2D eigenvalue weighted by molar-refractivity contribution is 6.31. The third-order valence-corrected chi connectivity index (χ3v) is 5.50. The monoisotopic (exact) mass is 417 g/mol. The molecule has 0 spiro atoms. The first kappa shape index (κ1) is 20.1. The Labute approximate surface area is 181 Å². The molecule has 2 aromatic carbocycles. The molecule has 0 fully saturated rings. The van der Waals surface area contributed by atoms with E-state index in [0.29, 0.717) is 12.5 Å². The standard InChI is InChI=1S/C24H24ClN5/c1-3-16-9-10-19(13-17(16)4-2)29-23-20-15-28-24(30-22(20)11-12-26-23)27-14-18-7-5-6-8-21(18)25/h5-13,15H,3-4,14H2,1-2H3,(H,26,29)(H,27,28,30). The van der Waals surface area contributed by atoms with Crippen molar-refractivity contribution in [3.05, 3.63) is 82.6 Å². The molecule has 0 aliphatic carbocycles. The zero-order valence-electron chi connectivity index (χ0n) is 17.1. The number of nitrogens with zero attached hydrogens (tertiary/aromatic N) is 3. The number of rotatable bonds is 7. The Hall–Kier alpha value is -3.18. The second-order valence-corrected chi connectivity index (χ2v) is 7.45. The van der Waals surface area contributed by atoms with Gasteiger partial charge in [0.15, 0.2) is 0 Å². The van der Waals surface area contributed by atoms with Crippen molar-refractivity contribution in [2.24, 2.45) is 0 Å². The Morgan fingerprint density at radius 2 is 1.73 bits per heavy atom. The van der Waals surface area contributed by atoms with Crippen LogP contribution in [0.1, 0.15) is 30.5 Å². The lowest BCUT2D eigenvalue weighted by Crippen LogP contribution is -2.05. The van der Waals surface area contributed by atoms with Crippen molar-refractivity contribution in [2.45, 2.75) is 33.2 Å². The fraction of sp³-hybridized carbons (Fsp3) is 0.208. The summed E-state index contributed by atoms with van der Waals surface area (Å²) in [4.78, 5) is 13.6. The number of fused-ring (bicyclic) bond motifs is 1. The summed E-state index contributed by atoms with van der Waals surface area (Å²) in [6.07, 6.45) is 5.60. The van der Waals surface area contributed by atoms with Gasteiger partial charge in [-0.1, -0.05) is 49.7 Å². The molecule has 2 aromatic heterocycles. The van der Waals surface area contributed by atoms with Crippen LogP contribution in [0.4, 0.5) is 17.5 Å².